The second-order valence-corrected chi connectivity index (χ2v) is 6.70. The summed E-state index contributed by atoms with van der Waals surface area (Å²) >= 11 is 0. The Morgan fingerprint density at radius 2 is 2.00 bits per heavy atom. The normalized spacial score (nSPS) is 28.8. The van der Waals surface area contributed by atoms with Gasteiger partial charge in [-0.2, -0.15) is 4.31 Å². The van der Waals surface area contributed by atoms with Crippen LogP contribution in [0.4, 0.5) is 4.39 Å². The quantitative estimate of drug-likeness (QED) is 0.810. The lowest BCUT2D eigenvalue weighted by Crippen LogP contribution is -2.37. The zero-order valence-corrected chi connectivity index (χ0v) is 10.2. The first-order valence-corrected chi connectivity index (χ1v) is 7.29. The summed E-state index contributed by atoms with van der Waals surface area (Å²) in [5.41, 5.74) is 0. The lowest BCUT2D eigenvalue weighted by molar-refractivity contribution is 0.332. The summed E-state index contributed by atoms with van der Waals surface area (Å²) in [7, 11) is -3.64. The molecule has 5 heteroatoms. The van der Waals surface area contributed by atoms with E-state index in [9.17, 15) is 12.8 Å². The Morgan fingerprint density at radius 3 is 2.59 bits per heavy atom. The smallest absolute Gasteiger partial charge is 0.207 e. The molecule has 2 unspecified atom stereocenters. The van der Waals surface area contributed by atoms with Gasteiger partial charge in [0.1, 0.15) is 10.7 Å². The van der Waals surface area contributed by atoms with E-state index in [1.165, 1.54) is 22.5 Å². The minimum absolute atomic E-state index is 0.0876. The third-order valence-corrected chi connectivity index (χ3v) is 5.73. The molecule has 2 aliphatic rings. The van der Waals surface area contributed by atoms with Crippen LogP contribution in [-0.4, -0.2) is 25.3 Å². The van der Waals surface area contributed by atoms with Crippen LogP contribution >= 0.6 is 0 Å². The van der Waals surface area contributed by atoms with E-state index in [1.807, 2.05) is 0 Å². The molecule has 1 saturated heterocycles. The minimum Gasteiger partial charge on any atom is -0.207 e. The first-order chi connectivity index (χ1) is 8.09. The van der Waals surface area contributed by atoms with Gasteiger partial charge in [-0.1, -0.05) is 12.1 Å². The second-order valence-electron chi connectivity index (χ2n) is 4.84. The largest absolute Gasteiger partial charge is 0.246 e. The summed E-state index contributed by atoms with van der Waals surface area (Å²) in [6, 6.07) is 5.69. The van der Waals surface area contributed by atoms with E-state index in [4.69, 9.17) is 0 Å². The first kappa shape index (κ1) is 11.2. The monoisotopic (exact) mass is 255 g/mol. The van der Waals surface area contributed by atoms with Gasteiger partial charge in [-0.15, -0.1) is 0 Å². The number of fused-ring (bicyclic) bond motifs is 2. The lowest BCUT2D eigenvalue weighted by atomic mass is 10.1. The minimum atomic E-state index is -3.64. The van der Waals surface area contributed by atoms with Crippen LogP contribution in [0.5, 0.6) is 0 Å². The van der Waals surface area contributed by atoms with Crippen LogP contribution in [0.25, 0.3) is 0 Å². The van der Waals surface area contributed by atoms with Gasteiger partial charge in [-0.05, 0) is 37.3 Å². The fourth-order valence-electron chi connectivity index (χ4n) is 2.95. The van der Waals surface area contributed by atoms with Crippen molar-refractivity contribution in [2.24, 2.45) is 5.92 Å². The number of nitrogens with zero attached hydrogens (tertiary/aromatic N) is 1. The molecule has 92 valence electrons. The van der Waals surface area contributed by atoms with Gasteiger partial charge in [0.25, 0.3) is 0 Å². The Bertz CT molecular complexity index is 543. The Kier molecular flexibility index (Phi) is 2.48. The van der Waals surface area contributed by atoms with Crippen molar-refractivity contribution in [3.8, 4) is 0 Å². The summed E-state index contributed by atoms with van der Waals surface area (Å²) < 4.78 is 39.7. The molecule has 1 aromatic carbocycles. The van der Waals surface area contributed by atoms with Gasteiger partial charge in [0.15, 0.2) is 0 Å². The zero-order valence-electron chi connectivity index (χ0n) is 9.34. The number of hydrogen-bond acceptors (Lipinski definition) is 2. The van der Waals surface area contributed by atoms with E-state index in [0.29, 0.717) is 12.5 Å². The molecule has 3 nitrogen and oxygen atoms in total. The predicted octanol–water partition coefficient (Wildman–Crippen LogP) is 2.00. The van der Waals surface area contributed by atoms with Gasteiger partial charge < -0.3 is 0 Å². The summed E-state index contributed by atoms with van der Waals surface area (Å²) in [5, 5.41) is 0. The van der Waals surface area contributed by atoms with Crippen molar-refractivity contribution >= 4 is 10.0 Å². The highest BCUT2D eigenvalue weighted by atomic mass is 32.2. The van der Waals surface area contributed by atoms with E-state index >= 15 is 0 Å². The van der Waals surface area contributed by atoms with Crippen LogP contribution in [0.3, 0.4) is 0 Å². The fourth-order valence-corrected chi connectivity index (χ4v) is 4.76. The van der Waals surface area contributed by atoms with Crippen LogP contribution in [-0.2, 0) is 10.0 Å². The molecule has 2 atom stereocenters. The third-order valence-electron chi connectivity index (χ3n) is 3.78. The highest BCUT2D eigenvalue weighted by molar-refractivity contribution is 7.89. The lowest BCUT2D eigenvalue weighted by Gasteiger charge is -2.26. The third kappa shape index (κ3) is 1.68. The highest BCUT2D eigenvalue weighted by Crippen LogP contribution is 2.40. The molecule has 3 rings (SSSR count). The summed E-state index contributed by atoms with van der Waals surface area (Å²) in [6.45, 7) is 0.557. The average Bonchev–Trinajstić information content (AvgIpc) is 2.91. The van der Waals surface area contributed by atoms with Crippen LogP contribution < -0.4 is 0 Å². The van der Waals surface area contributed by atoms with Crippen molar-refractivity contribution in [2.45, 2.75) is 30.2 Å². The Morgan fingerprint density at radius 1 is 1.24 bits per heavy atom. The van der Waals surface area contributed by atoms with E-state index in [1.54, 1.807) is 6.07 Å². The maximum Gasteiger partial charge on any atom is 0.246 e. The second kappa shape index (κ2) is 3.78. The van der Waals surface area contributed by atoms with Crippen molar-refractivity contribution in [3.63, 3.8) is 0 Å². The fraction of sp³-hybridized carbons (Fsp3) is 0.500. The number of piperidine rings is 1. The molecular weight excluding hydrogens is 241 g/mol. The molecule has 1 heterocycles. The van der Waals surface area contributed by atoms with Crippen LogP contribution in [0.15, 0.2) is 29.2 Å². The van der Waals surface area contributed by atoms with Gasteiger partial charge in [0.05, 0.1) is 0 Å². The first-order valence-electron chi connectivity index (χ1n) is 5.85. The van der Waals surface area contributed by atoms with Gasteiger partial charge in [0.2, 0.25) is 10.0 Å². The SMILES string of the molecule is O=S(=O)(c1ccccc1F)N1CC2CCC1C2. The van der Waals surface area contributed by atoms with Gasteiger partial charge in [-0.25, -0.2) is 12.8 Å². The van der Waals surface area contributed by atoms with Crippen LogP contribution in [0, 0.1) is 11.7 Å². The molecule has 1 aromatic rings. The number of halogens is 1. The maximum absolute atomic E-state index is 13.6. The molecule has 0 spiro atoms. The molecular formula is C12H14FNO2S. The van der Waals surface area contributed by atoms with Crippen molar-refractivity contribution in [1.29, 1.82) is 0 Å². The molecule has 0 N–H and O–H groups in total. The average molecular weight is 255 g/mol. The molecule has 1 aliphatic heterocycles. The van der Waals surface area contributed by atoms with Gasteiger partial charge >= 0.3 is 0 Å². The molecule has 0 aromatic heterocycles. The van der Waals surface area contributed by atoms with Crippen molar-refractivity contribution in [1.82, 2.24) is 4.31 Å². The number of rotatable bonds is 2. The van der Waals surface area contributed by atoms with E-state index in [2.05, 4.69) is 0 Å². The van der Waals surface area contributed by atoms with Crippen molar-refractivity contribution in [2.75, 3.05) is 6.54 Å². The summed E-state index contributed by atoms with van der Waals surface area (Å²) in [4.78, 5) is -0.187. The standard InChI is InChI=1S/C12H14FNO2S/c13-11-3-1-2-4-12(11)17(15,16)14-8-9-5-6-10(14)7-9/h1-4,9-10H,5-8H2. The van der Waals surface area contributed by atoms with Crippen LogP contribution in [0.1, 0.15) is 19.3 Å². The zero-order chi connectivity index (χ0) is 12.0. The van der Waals surface area contributed by atoms with Crippen molar-refractivity contribution < 1.29 is 12.8 Å². The molecule has 2 fully saturated rings. The van der Waals surface area contributed by atoms with E-state index in [0.717, 1.165) is 19.3 Å². The Balaban J connectivity index is 2.00. The highest BCUT2D eigenvalue weighted by Gasteiger charge is 2.44. The summed E-state index contributed by atoms with van der Waals surface area (Å²) in [6.07, 6.45) is 2.96. The molecule has 0 amide bonds. The Labute approximate surface area is 100 Å². The molecule has 1 saturated carbocycles. The molecule has 17 heavy (non-hydrogen) atoms. The number of sulfonamides is 1. The van der Waals surface area contributed by atoms with E-state index < -0.39 is 15.8 Å². The topological polar surface area (TPSA) is 37.4 Å². The van der Waals surface area contributed by atoms with Gasteiger partial charge in [0, 0.05) is 12.6 Å². The number of hydrogen-bond donors (Lipinski definition) is 0. The Hall–Kier alpha value is -0.940. The maximum atomic E-state index is 13.6. The van der Waals surface area contributed by atoms with E-state index in [-0.39, 0.29) is 10.9 Å². The number of benzene rings is 1. The van der Waals surface area contributed by atoms with Crippen LogP contribution in [0.2, 0.25) is 0 Å². The molecule has 0 radical (unpaired) electrons. The molecule has 2 bridgehead atoms. The van der Waals surface area contributed by atoms with Crippen molar-refractivity contribution in [3.05, 3.63) is 30.1 Å². The predicted molar refractivity (Wildman–Crippen MR) is 61.4 cm³/mol. The van der Waals surface area contributed by atoms with Gasteiger partial charge in [-0.3, -0.25) is 0 Å². The summed E-state index contributed by atoms with van der Waals surface area (Å²) in [5.74, 6) is -0.183. The molecule has 1 aliphatic carbocycles.